The molecule has 1 aliphatic heterocycles. The SMILES string of the molecule is Cn1cc(-c2ccncc2C=CC(=O)Nc2ccc(CN3CCS(=O)(=O)CC3)cc2)cn1. The second kappa shape index (κ2) is 9.46. The molecule has 3 heterocycles. The Morgan fingerprint density at radius 1 is 1.12 bits per heavy atom. The topological polar surface area (TPSA) is 97.2 Å². The molecule has 0 aliphatic carbocycles. The molecule has 0 unspecified atom stereocenters. The summed E-state index contributed by atoms with van der Waals surface area (Å²) in [5, 5.41) is 7.06. The van der Waals surface area contributed by atoms with Gasteiger partial charge in [-0.3, -0.25) is 19.4 Å². The van der Waals surface area contributed by atoms with Gasteiger partial charge >= 0.3 is 0 Å². The summed E-state index contributed by atoms with van der Waals surface area (Å²) >= 11 is 0. The first-order chi connectivity index (χ1) is 15.4. The second-order valence-corrected chi connectivity index (χ2v) is 10.1. The van der Waals surface area contributed by atoms with Crippen LogP contribution in [0, 0.1) is 0 Å². The number of pyridine rings is 1. The number of aromatic nitrogens is 3. The number of carbonyl (C=O) groups is 1. The highest BCUT2D eigenvalue weighted by molar-refractivity contribution is 7.91. The maximum atomic E-state index is 12.4. The van der Waals surface area contributed by atoms with E-state index in [0.29, 0.717) is 25.3 Å². The highest BCUT2D eigenvalue weighted by Crippen LogP contribution is 2.23. The molecule has 4 rings (SSSR count). The van der Waals surface area contributed by atoms with E-state index in [-0.39, 0.29) is 17.4 Å². The van der Waals surface area contributed by atoms with Crippen LogP contribution in [0.5, 0.6) is 0 Å². The van der Waals surface area contributed by atoms with Crippen molar-refractivity contribution in [2.75, 3.05) is 29.9 Å². The Labute approximate surface area is 187 Å². The number of nitrogens with zero attached hydrogens (tertiary/aromatic N) is 4. The van der Waals surface area contributed by atoms with Crippen LogP contribution in [0.2, 0.25) is 0 Å². The fourth-order valence-corrected chi connectivity index (χ4v) is 4.85. The van der Waals surface area contributed by atoms with E-state index in [4.69, 9.17) is 0 Å². The van der Waals surface area contributed by atoms with Crippen molar-refractivity contribution >= 4 is 27.5 Å². The molecule has 0 bridgehead atoms. The van der Waals surface area contributed by atoms with Gasteiger partial charge in [0.2, 0.25) is 5.91 Å². The van der Waals surface area contributed by atoms with Crippen LogP contribution >= 0.6 is 0 Å². The minimum absolute atomic E-state index is 0.215. The summed E-state index contributed by atoms with van der Waals surface area (Å²) in [6.45, 7) is 1.81. The summed E-state index contributed by atoms with van der Waals surface area (Å²) in [7, 11) is -1.02. The molecule has 8 nitrogen and oxygen atoms in total. The van der Waals surface area contributed by atoms with E-state index in [1.54, 1.807) is 29.3 Å². The van der Waals surface area contributed by atoms with Gasteiger partial charge in [0.05, 0.1) is 17.7 Å². The predicted molar refractivity (Wildman–Crippen MR) is 124 cm³/mol. The summed E-state index contributed by atoms with van der Waals surface area (Å²) in [4.78, 5) is 18.7. The molecule has 1 N–H and O–H groups in total. The van der Waals surface area contributed by atoms with Gasteiger partial charge in [0.25, 0.3) is 0 Å². The lowest BCUT2D eigenvalue weighted by atomic mass is 10.0. The molecule has 0 atom stereocenters. The zero-order chi connectivity index (χ0) is 22.6. The third-order valence-electron chi connectivity index (χ3n) is 5.35. The average molecular weight is 452 g/mol. The number of nitrogens with one attached hydrogen (secondary N) is 1. The quantitative estimate of drug-likeness (QED) is 0.578. The van der Waals surface area contributed by atoms with Crippen molar-refractivity contribution in [1.29, 1.82) is 0 Å². The van der Waals surface area contributed by atoms with Crippen molar-refractivity contribution < 1.29 is 13.2 Å². The lowest BCUT2D eigenvalue weighted by molar-refractivity contribution is -0.111. The van der Waals surface area contributed by atoms with Crippen LogP contribution in [-0.2, 0) is 28.2 Å². The zero-order valence-electron chi connectivity index (χ0n) is 17.8. The van der Waals surface area contributed by atoms with E-state index in [1.807, 2.05) is 43.6 Å². The Bertz CT molecular complexity index is 1220. The summed E-state index contributed by atoms with van der Waals surface area (Å²) in [6, 6.07) is 9.50. The van der Waals surface area contributed by atoms with Crippen LogP contribution in [0.3, 0.4) is 0 Å². The second-order valence-electron chi connectivity index (χ2n) is 7.81. The molecule has 0 radical (unpaired) electrons. The number of carbonyl (C=O) groups excluding carboxylic acids is 1. The lowest BCUT2D eigenvalue weighted by Crippen LogP contribution is -2.39. The van der Waals surface area contributed by atoms with Crippen molar-refractivity contribution in [3.05, 3.63) is 72.3 Å². The van der Waals surface area contributed by atoms with Crippen LogP contribution in [0.15, 0.2) is 61.2 Å². The number of sulfone groups is 1. The van der Waals surface area contributed by atoms with Gasteiger partial charge in [-0.1, -0.05) is 12.1 Å². The van der Waals surface area contributed by atoms with Crippen molar-refractivity contribution in [1.82, 2.24) is 19.7 Å². The first kappa shape index (κ1) is 21.9. The van der Waals surface area contributed by atoms with Gasteiger partial charge in [-0.25, -0.2) is 8.42 Å². The van der Waals surface area contributed by atoms with E-state index < -0.39 is 9.84 Å². The Kier molecular flexibility index (Phi) is 6.48. The molecule has 2 aromatic heterocycles. The Morgan fingerprint density at radius 2 is 1.88 bits per heavy atom. The van der Waals surface area contributed by atoms with Crippen LogP contribution in [0.1, 0.15) is 11.1 Å². The summed E-state index contributed by atoms with van der Waals surface area (Å²) in [5.41, 5.74) is 4.51. The van der Waals surface area contributed by atoms with Crippen molar-refractivity contribution in [3.63, 3.8) is 0 Å². The predicted octanol–water partition coefficient (Wildman–Crippen LogP) is 2.36. The number of rotatable bonds is 6. The van der Waals surface area contributed by atoms with Gasteiger partial charge in [0.1, 0.15) is 0 Å². The first-order valence-corrected chi connectivity index (χ1v) is 12.1. The van der Waals surface area contributed by atoms with Gasteiger partial charge in [-0.2, -0.15) is 5.10 Å². The Morgan fingerprint density at radius 3 is 2.56 bits per heavy atom. The Hall–Kier alpha value is -3.30. The van der Waals surface area contributed by atoms with Crippen molar-refractivity contribution in [2.45, 2.75) is 6.54 Å². The van der Waals surface area contributed by atoms with Gasteiger partial charge in [0, 0.05) is 68.2 Å². The molecule has 0 spiro atoms. The number of aryl methyl sites for hydroxylation is 1. The average Bonchev–Trinajstić information content (AvgIpc) is 3.21. The van der Waals surface area contributed by atoms with E-state index in [1.165, 1.54) is 6.08 Å². The van der Waals surface area contributed by atoms with E-state index >= 15 is 0 Å². The fourth-order valence-electron chi connectivity index (χ4n) is 3.57. The van der Waals surface area contributed by atoms with Crippen molar-refractivity contribution in [2.24, 2.45) is 7.05 Å². The molecule has 1 aliphatic rings. The standard InChI is InChI=1S/C23H25N5O3S/c1-27-17-20(15-25-27)22-8-9-24-14-19(22)4-7-23(29)26-21-5-2-18(3-6-21)16-28-10-12-32(30,31)13-11-28/h2-9,14-15,17H,10-13,16H2,1H3,(H,26,29). The summed E-state index contributed by atoms with van der Waals surface area (Å²) < 4.78 is 24.8. The van der Waals surface area contributed by atoms with E-state index in [9.17, 15) is 13.2 Å². The van der Waals surface area contributed by atoms with Gasteiger partial charge in [-0.15, -0.1) is 0 Å². The minimum atomic E-state index is -2.88. The molecule has 9 heteroatoms. The largest absolute Gasteiger partial charge is 0.323 e. The minimum Gasteiger partial charge on any atom is -0.323 e. The number of hydrogen-bond donors (Lipinski definition) is 1. The summed E-state index contributed by atoms with van der Waals surface area (Å²) in [6.07, 6.45) is 10.3. The van der Waals surface area contributed by atoms with E-state index in [2.05, 4.69) is 20.3 Å². The van der Waals surface area contributed by atoms with Gasteiger partial charge in [0.15, 0.2) is 9.84 Å². The lowest BCUT2D eigenvalue weighted by Gasteiger charge is -2.26. The molecular formula is C23H25N5O3S. The molecule has 0 saturated carbocycles. The number of anilines is 1. The molecule has 1 saturated heterocycles. The molecule has 3 aromatic rings. The molecule has 166 valence electrons. The fraction of sp³-hybridized carbons (Fsp3) is 0.261. The van der Waals surface area contributed by atoms with Crippen LogP contribution in [0.25, 0.3) is 17.2 Å². The molecule has 1 amide bonds. The Balaban J connectivity index is 1.35. The normalized spacial score (nSPS) is 16.3. The van der Waals surface area contributed by atoms with Crippen LogP contribution in [-0.4, -0.2) is 58.6 Å². The van der Waals surface area contributed by atoms with Crippen LogP contribution < -0.4 is 5.32 Å². The zero-order valence-corrected chi connectivity index (χ0v) is 18.6. The maximum Gasteiger partial charge on any atom is 0.248 e. The third kappa shape index (κ3) is 5.68. The molecule has 1 fully saturated rings. The monoisotopic (exact) mass is 451 g/mol. The summed E-state index contributed by atoms with van der Waals surface area (Å²) in [5.74, 6) is 0.194. The highest BCUT2D eigenvalue weighted by atomic mass is 32.2. The molecule has 32 heavy (non-hydrogen) atoms. The van der Waals surface area contributed by atoms with Gasteiger partial charge in [-0.05, 0) is 35.4 Å². The first-order valence-electron chi connectivity index (χ1n) is 10.3. The molecular weight excluding hydrogens is 426 g/mol. The van der Waals surface area contributed by atoms with Crippen LogP contribution in [0.4, 0.5) is 5.69 Å². The number of amides is 1. The highest BCUT2D eigenvalue weighted by Gasteiger charge is 2.21. The smallest absolute Gasteiger partial charge is 0.248 e. The van der Waals surface area contributed by atoms with Gasteiger partial charge < -0.3 is 5.32 Å². The van der Waals surface area contributed by atoms with E-state index in [0.717, 1.165) is 22.3 Å². The maximum absolute atomic E-state index is 12.4. The molecule has 1 aromatic carbocycles. The van der Waals surface area contributed by atoms with Crippen molar-refractivity contribution in [3.8, 4) is 11.1 Å². The third-order valence-corrected chi connectivity index (χ3v) is 6.96. The number of hydrogen-bond acceptors (Lipinski definition) is 6. The number of benzene rings is 1.